The molecule has 0 atom stereocenters. The van der Waals surface area contributed by atoms with Crippen LogP contribution in [0.4, 0.5) is 0 Å². The van der Waals surface area contributed by atoms with Crippen LogP contribution in [0.1, 0.15) is 18.9 Å². The van der Waals surface area contributed by atoms with Crippen LogP contribution in [0.2, 0.25) is 0 Å². The number of thioether (sulfide) groups is 1. The number of para-hydroxylation sites is 1. The highest BCUT2D eigenvalue weighted by Crippen LogP contribution is 2.31. The van der Waals surface area contributed by atoms with Crippen molar-refractivity contribution >= 4 is 40.3 Å². The van der Waals surface area contributed by atoms with Crippen LogP contribution in [0.3, 0.4) is 0 Å². The van der Waals surface area contributed by atoms with Crippen molar-refractivity contribution in [1.29, 1.82) is 0 Å². The highest BCUT2D eigenvalue weighted by atomic mass is 32.2. The molecule has 3 aromatic rings. The van der Waals surface area contributed by atoms with E-state index in [1.807, 2.05) is 71.6 Å². The molecule has 5 nitrogen and oxygen atoms in total. The summed E-state index contributed by atoms with van der Waals surface area (Å²) in [6.45, 7) is 2.76. The Hall–Kier alpha value is -2.90. The molecule has 1 aliphatic heterocycles. The molecule has 1 aromatic heterocycles. The summed E-state index contributed by atoms with van der Waals surface area (Å²) < 4.78 is 7.96. The fraction of sp³-hybridized carbons (Fsp3) is 0.136. The van der Waals surface area contributed by atoms with Gasteiger partial charge in [-0.25, -0.2) is 4.68 Å². The van der Waals surface area contributed by atoms with Gasteiger partial charge in [-0.1, -0.05) is 49.1 Å². The van der Waals surface area contributed by atoms with E-state index in [9.17, 15) is 4.79 Å². The van der Waals surface area contributed by atoms with Crippen LogP contribution < -0.4 is 10.1 Å². The average Bonchev–Trinajstić information content (AvgIpc) is 3.30. The van der Waals surface area contributed by atoms with E-state index in [2.05, 4.69) is 12.2 Å². The van der Waals surface area contributed by atoms with Crippen molar-refractivity contribution in [1.82, 2.24) is 15.1 Å². The van der Waals surface area contributed by atoms with E-state index in [1.165, 1.54) is 11.8 Å². The number of nitrogens with zero attached hydrogens (tertiary/aromatic N) is 2. The number of benzene rings is 2. The van der Waals surface area contributed by atoms with Crippen LogP contribution in [-0.4, -0.2) is 26.6 Å². The molecule has 0 radical (unpaired) electrons. The van der Waals surface area contributed by atoms with Crippen molar-refractivity contribution in [3.8, 4) is 22.7 Å². The zero-order valence-electron chi connectivity index (χ0n) is 15.8. The smallest absolute Gasteiger partial charge is 0.263 e. The largest absolute Gasteiger partial charge is 0.494 e. The SMILES string of the molecule is CCCOc1ccc(-c2nn(-c3ccccc3)cc2C=C2SC(=S)NC2=O)cc1. The zero-order chi connectivity index (χ0) is 20.2. The van der Waals surface area contributed by atoms with E-state index >= 15 is 0 Å². The number of carbonyl (C=O) groups is 1. The van der Waals surface area contributed by atoms with E-state index in [0.717, 1.165) is 34.7 Å². The minimum atomic E-state index is -0.179. The molecule has 1 fully saturated rings. The first-order valence-corrected chi connectivity index (χ1v) is 10.5. The molecule has 1 amide bonds. The standard InChI is InChI=1S/C22H19N3O2S2/c1-2-12-27-18-10-8-15(9-11-18)20-16(13-19-21(26)23-22(28)29-19)14-25(24-20)17-6-4-3-5-7-17/h3-11,13-14H,2,12H2,1H3,(H,23,26,28). The third kappa shape index (κ3) is 4.41. The molecule has 7 heteroatoms. The molecule has 0 spiro atoms. The second kappa shape index (κ2) is 8.63. The van der Waals surface area contributed by atoms with Crippen LogP contribution in [0.15, 0.2) is 65.7 Å². The summed E-state index contributed by atoms with van der Waals surface area (Å²) in [7, 11) is 0. The minimum Gasteiger partial charge on any atom is -0.494 e. The minimum absolute atomic E-state index is 0.179. The quantitative estimate of drug-likeness (QED) is 0.457. The Morgan fingerprint density at radius 2 is 1.93 bits per heavy atom. The maximum Gasteiger partial charge on any atom is 0.263 e. The van der Waals surface area contributed by atoms with Gasteiger partial charge < -0.3 is 10.1 Å². The lowest BCUT2D eigenvalue weighted by molar-refractivity contribution is -0.115. The zero-order valence-corrected chi connectivity index (χ0v) is 17.4. The Kier molecular flexibility index (Phi) is 5.78. The summed E-state index contributed by atoms with van der Waals surface area (Å²) in [6, 6.07) is 17.7. The average molecular weight is 422 g/mol. The molecule has 146 valence electrons. The van der Waals surface area contributed by atoms with Crippen molar-refractivity contribution in [2.45, 2.75) is 13.3 Å². The van der Waals surface area contributed by atoms with Crippen molar-refractivity contribution in [3.05, 3.63) is 71.3 Å². The molecular formula is C22H19N3O2S2. The second-order valence-corrected chi connectivity index (χ2v) is 8.16. The molecular weight excluding hydrogens is 402 g/mol. The van der Waals surface area contributed by atoms with Crippen LogP contribution in [0.5, 0.6) is 5.75 Å². The lowest BCUT2D eigenvalue weighted by Crippen LogP contribution is -2.17. The molecule has 0 aliphatic carbocycles. The predicted molar refractivity (Wildman–Crippen MR) is 121 cm³/mol. The van der Waals surface area contributed by atoms with Gasteiger partial charge in [0, 0.05) is 17.3 Å². The number of amides is 1. The van der Waals surface area contributed by atoms with Gasteiger partial charge in [-0.3, -0.25) is 4.79 Å². The van der Waals surface area contributed by atoms with Gasteiger partial charge in [0.2, 0.25) is 0 Å². The number of hydrogen-bond donors (Lipinski definition) is 1. The Morgan fingerprint density at radius 1 is 1.17 bits per heavy atom. The van der Waals surface area contributed by atoms with Gasteiger partial charge in [0.15, 0.2) is 0 Å². The van der Waals surface area contributed by atoms with E-state index in [4.69, 9.17) is 22.1 Å². The molecule has 1 N–H and O–H groups in total. The topological polar surface area (TPSA) is 56.1 Å². The number of hydrogen-bond acceptors (Lipinski definition) is 5. The number of ether oxygens (including phenoxy) is 1. The summed E-state index contributed by atoms with van der Waals surface area (Å²) in [5.74, 6) is 0.649. The van der Waals surface area contributed by atoms with Gasteiger partial charge in [-0.2, -0.15) is 5.10 Å². The molecule has 2 aromatic carbocycles. The summed E-state index contributed by atoms with van der Waals surface area (Å²) in [4.78, 5) is 12.7. The van der Waals surface area contributed by atoms with Crippen LogP contribution in [-0.2, 0) is 4.79 Å². The highest BCUT2D eigenvalue weighted by molar-refractivity contribution is 8.26. The summed E-state index contributed by atoms with van der Waals surface area (Å²) >= 11 is 6.37. The lowest BCUT2D eigenvalue weighted by Gasteiger charge is -2.05. The van der Waals surface area contributed by atoms with Crippen molar-refractivity contribution in [2.75, 3.05) is 6.61 Å². The van der Waals surface area contributed by atoms with Gasteiger partial charge in [-0.05, 0) is 48.9 Å². The van der Waals surface area contributed by atoms with Gasteiger partial charge in [0.05, 0.1) is 22.9 Å². The third-order valence-corrected chi connectivity index (χ3v) is 5.46. The molecule has 1 saturated heterocycles. The first-order chi connectivity index (χ1) is 14.1. The maximum absolute atomic E-state index is 12.1. The molecule has 4 rings (SSSR count). The summed E-state index contributed by atoms with van der Waals surface area (Å²) in [6.07, 6.45) is 4.72. The fourth-order valence-corrected chi connectivity index (χ4v) is 3.96. The molecule has 29 heavy (non-hydrogen) atoms. The van der Waals surface area contributed by atoms with Crippen LogP contribution >= 0.6 is 24.0 Å². The van der Waals surface area contributed by atoms with Crippen molar-refractivity contribution < 1.29 is 9.53 Å². The Bertz CT molecular complexity index is 1070. The first kappa shape index (κ1) is 19.4. The molecule has 0 saturated carbocycles. The second-order valence-electron chi connectivity index (χ2n) is 6.44. The third-order valence-electron chi connectivity index (χ3n) is 4.29. The Balaban J connectivity index is 1.75. The van der Waals surface area contributed by atoms with E-state index in [0.29, 0.717) is 15.8 Å². The monoisotopic (exact) mass is 421 g/mol. The molecule has 0 unspecified atom stereocenters. The highest BCUT2D eigenvalue weighted by Gasteiger charge is 2.23. The van der Waals surface area contributed by atoms with Crippen molar-refractivity contribution in [2.24, 2.45) is 0 Å². The number of nitrogens with one attached hydrogen (secondary N) is 1. The van der Waals surface area contributed by atoms with Crippen LogP contribution in [0, 0.1) is 0 Å². The van der Waals surface area contributed by atoms with E-state index < -0.39 is 0 Å². The number of rotatable bonds is 6. The van der Waals surface area contributed by atoms with E-state index in [-0.39, 0.29) is 5.91 Å². The lowest BCUT2D eigenvalue weighted by atomic mass is 10.1. The normalized spacial score (nSPS) is 15.0. The summed E-state index contributed by atoms with van der Waals surface area (Å²) in [5.41, 5.74) is 3.52. The number of carbonyl (C=O) groups excluding carboxylic acids is 1. The fourth-order valence-electron chi connectivity index (χ4n) is 2.92. The molecule has 1 aliphatic rings. The van der Waals surface area contributed by atoms with Crippen molar-refractivity contribution in [3.63, 3.8) is 0 Å². The van der Waals surface area contributed by atoms with E-state index in [1.54, 1.807) is 0 Å². The Morgan fingerprint density at radius 3 is 2.59 bits per heavy atom. The molecule has 2 heterocycles. The van der Waals surface area contributed by atoms with Gasteiger partial charge in [0.25, 0.3) is 5.91 Å². The summed E-state index contributed by atoms with van der Waals surface area (Å²) in [5, 5.41) is 7.44. The number of aromatic nitrogens is 2. The first-order valence-electron chi connectivity index (χ1n) is 9.27. The maximum atomic E-state index is 12.1. The van der Waals surface area contributed by atoms with Gasteiger partial charge in [0.1, 0.15) is 10.1 Å². The predicted octanol–water partition coefficient (Wildman–Crippen LogP) is 4.82. The van der Waals surface area contributed by atoms with Gasteiger partial charge >= 0.3 is 0 Å². The van der Waals surface area contributed by atoms with Crippen LogP contribution in [0.25, 0.3) is 23.0 Å². The Labute approximate surface area is 178 Å². The molecule has 0 bridgehead atoms. The number of thiocarbonyl (C=S) groups is 1. The van der Waals surface area contributed by atoms with Gasteiger partial charge in [-0.15, -0.1) is 0 Å².